The van der Waals surface area contributed by atoms with Crippen LogP contribution in [0.25, 0.3) is 11.1 Å². The maximum absolute atomic E-state index is 12.4. The van der Waals surface area contributed by atoms with Gasteiger partial charge in [0.25, 0.3) is 0 Å². The molecule has 0 saturated carbocycles. The molecule has 0 aliphatic rings. The van der Waals surface area contributed by atoms with Crippen LogP contribution in [0.2, 0.25) is 10.0 Å². The molecule has 0 fully saturated rings. The Morgan fingerprint density at radius 3 is 2.52 bits per heavy atom. The maximum atomic E-state index is 12.4. The average Bonchev–Trinajstić information content (AvgIpc) is 2.72. The summed E-state index contributed by atoms with van der Waals surface area (Å²) in [5, 5.41) is 3.22. The molecule has 0 bridgehead atoms. The molecule has 3 nitrogen and oxygen atoms in total. The van der Waals surface area contributed by atoms with Gasteiger partial charge >= 0.3 is 5.97 Å². The number of carbonyl (C=O) groups excluding carboxylic acids is 1. The van der Waals surface area contributed by atoms with E-state index in [1.165, 1.54) is 11.3 Å². The first kappa shape index (κ1) is 16.1. The van der Waals surface area contributed by atoms with Crippen molar-refractivity contribution in [1.82, 2.24) is 0 Å². The van der Waals surface area contributed by atoms with E-state index in [1.54, 1.807) is 44.4 Å². The third-order valence-corrected chi connectivity index (χ3v) is 4.02. The fraction of sp³-hybridized carbons (Fsp3) is 0.267. The number of hydrogen-bond donors (Lipinski definition) is 1. The van der Waals surface area contributed by atoms with Crippen LogP contribution >= 0.6 is 34.5 Å². The number of ether oxygens (including phenoxy) is 1. The summed E-state index contributed by atoms with van der Waals surface area (Å²) in [5.74, 6) is -0.465. The van der Waals surface area contributed by atoms with Crippen LogP contribution in [0.5, 0.6) is 0 Å². The van der Waals surface area contributed by atoms with E-state index in [4.69, 9.17) is 33.7 Å². The molecule has 0 atom stereocenters. The number of anilines is 1. The lowest BCUT2D eigenvalue weighted by atomic mass is 10.0. The van der Waals surface area contributed by atoms with Gasteiger partial charge in [0.15, 0.2) is 0 Å². The van der Waals surface area contributed by atoms with E-state index in [1.807, 2.05) is 0 Å². The zero-order valence-electron chi connectivity index (χ0n) is 11.9. The first-order valence-electron chi connectivity index (χ1n) is 6.25. The Labute approximate surface area is 137 Å². The fourth-order valence-corrected chi connectivity index (χ4v) is 3.01. The predicted molar refractivity (Wildman–Crippen MR) is 89.4 cm³/mol. The van der Waals surface area contributed by atoms with Gasteiger partial charge in [0, 0.05) is 26.6 Å². The summed E-state index contributed by atoms with van der Waals surface area (Å²) in [4.78, 5) is 12.4. The highest BCUT2D eigenvalue weighted by Crippen LogP contribution is 2.39. The molecular weight excluding hydrogens is 329 g/mol. The first-order chi connectivity index (χ1) is 9.69. The first-order valence-corrected chi connectivity index (χ1v) is 7.88. The number of thiophene rings is 1. The van der Waals surface area contributed by atoms with Gasteiger partial charge in [-0.2, -0.15) is 0 Å². The summed E-state index contributed by atoms with van der Waals surface area (Å²) >= 11 is 13.5. The third-order valence-electron chi connectivity index (χ3n) is 2.64. The van der Waals surface area contributed by atoms with Crippen molar-refractivity contribution in [2.24, 2.45) is 0 Å². The van der Waals surface area contributed by atoms with Crippen LogP contribution in [-0.4, -0.2) is 11.6 Å². The van der Waals surface area contributed by atoms with E-state index < -0.39 is 11.6 Å². The topological polar surface area (TPSA) is 52.3 Å². The summed E-state index contributed by atoms with van der Waals surface area (Å²) in [6.45, 7) is 5.42. The molecule has 0 spiro atoms. The monoisotopic (exact) mass is 343 g/mol. The van der Waals surface area contributed by atoms with Crippen LogP contribution in [0, 0.1) is 0 Å². The van der Waals surface area contributed by atoms with Gasteiger partial charge in [-0.15, -0.1) is 11.3 Å². The predicted octanol–water partition coefficient (Wildman–Crippen LogP) is 5.26. The van der Waals surface area contributed by atoms with Crippen molar-refractivity contribution in [3.8, 4) is 11.1 Å². The van der Waals surface area contributed by atoms with E-state index in [9.17, 15) is 4.79 Å². The molecule has 0 aliphatic carbocycles. The molecule has 0 radical (unpaired) electrons. The Morgan fingerprint density at radius 2 is 1.90 bits per heavy atom. The van der Waals surface area contributed by atoms with E-state index in [2.05, 4.69) is 0 Å². The van der Waals surface area contributed by atoms with E-state index in [0.717, 1.165) is 0 Å². The Kier molecular flexibility index (Phi) is 4.51. The lowest BCUT2D eigenvalue weighted by Crippen LogP contribution is -2.24. The largest absolute Gasteiger partial charge is 0.456 e. The van der Waals surface area contributed by atoms with Crippen LogP contribution in [0.15, 0.2) is 23.6 Å². The number of nitrogen functional groups attached to an aromatic ring is 1. The zero-order chi connectivity index (χ0) is 15.8. The maximum Gasteiger partial charge on any atom is 0.342 e. The van der Waals surface area contributed by atoms with Gasteiger partial charge in [-0.3, -0.25) is 0 Å². The van der Waals surface area contributed by atoms with Gasteiger partial charge in [0.05, 0.1) is 0 Å². The summed E-state index contributed by atoms with van der Waals surface area (Å²) in [6, 6.07) is 5.08. The van der Waals surface area contributed by atoms with Crippen molar-refractivity contribution in [1.29, 1.82) is 0 Å². The second-order valence-electron chi connectivity index (χ2n) is 5.51. The number of halogens is 2. The highest BCUT2D eigenvalue weighted by Gasteiger charge is 2.25. The second kappa shape index (κ2) is 5.87. The number of esters is 1. The molecule has 1 heterocycles. The molecule has 0 saturated heterocycles. The molecule has 112 valence electrons. The van der Waals surface area contributed by atoms with Crippen LogP contribution in [-0.2, 0) is 4.74 Å². The molecule has 1 aromatic carbocycles. The van der Waals surface area contributed by atoms with Gasteiger partial charge < -0.3 is 10.5 Å². The van der Waals surface area contributed by atoms with Crippen molar-refractivity contribution in [3.05, 3.63) is 39.2 Å². The van der Waals surface area contributed by atoms with Gasteiger partial charge in [-0.25, -0.2) is 4.79 Å². The number of benzene rings is 1. The fourth-order valence-electron chi connectivity index (χ4n) is 1.81. The van der Waals surface area contributed by atoms with Crippen molar-refractivity contribution < 1.29 is 9.53 Å². The smallest absolute Gasteiger partial charge is 0.342 e. The van der Waals surface area contributed by atoms with Crippen LogP contribution in [0.1, 0.15) is 31.1 Å². The summed E-state index contributed by atoms with van der Waals surface area (Å²) in [6.07, 6.45) is 0. The van der Waals surface area contributed by atoms with Crippen molar-refractivity contribution >= 4 is 45.5 Å². The lowest BCUT2D eigenvalue weighted by Gasteiger charge is -2.20. The van der Waals surface area contributed by atoms with Crippen molar-refractivity contribution in [2.45, 2.75) is 26.4 Å². The number of hydrogen-bond acceptors (Lipinski definition) is 4. The van der Waals surface area contributed by atoms with Crippen LogP contribution < -0.4 is 5.73 Å². The number of carbonyl (C=O) groups is 1. The Morgan fingerprint density at radius 1 is 1.24 bits per heavy atom. The van der Waals surface area contributed by atoms with Crippen LogP contribution in [0.3, 0.4) is 0 Å². The molecule has 0 unspecified atom stereocenters. The zero-order valence-corrected chi connectivity index (χ0v) is 14.2. The summed E-state index contributed by atoms with van der Waals surface area (Å²) < 4.78 is 5.41. The van der Waals surface area contributed by atoms with Crippen LogP contribution in [0.4, 0.5) is 5.00 Å². The molecule has 2 aromatic rings. The van der Waals surface area contributed by atoms with E-state index in [-0.39, 0.29) is 0 Å². The molecule has 1 aromatic heterocycles. The highest BCUT2D eigenvalue weighted by molar-refractivity contribution is 7.15. The van der Waals surface area contributed by atoms with Gasteiger partial charge in [-0.05, 0) is 39.0 Å². The van der Waals surface area contributed by atoms with Crippen molar-refractivity contribution in [2.75, 3.05) is 5.73 Å². The summed E-state index contributed by atoms with van der Waals surface area (Å²) in [7, 11) is 0. The Hall–Kier alpha value is -1.23. The quantitative estimate of drug-likeness (QED) is 0.756. The highest BCUT2D eigenvalue weighted by atomic mass is 35.5. The molecule has 21 heavy (non-hydrogen) atoms. The third kappa shape index (κ3) is 3.70. The molecule has 2 N–H and O–H groups in total. The number of nitrogens with two attached hydrogens (primary N) is 1. The minimum Gasteiger partial charge on any atom is -0.456 e. The molecule has 0 amide bonds. The standard InChI is InChI=1S/C15H15Cl2NO2S/c1-15(2,3)20-14(19)12-10(7-21-13(12)18)9-6-8(16)4-5-11(9)17/h4-7H,18H2,1-3H3. The van der Waals surface area contributed by atoms with Crippen molar-refractivity contribution in [3.63, 3.8) is 0 Å². The lowest BCUT2D eigenvalue weighted by molar-refractivity contribution is 0.00722. The minimum atomic E-state index is -0.596. The SMILES string of the molecule is CC(C)(C)OC(=O)c1c(-c2cc(Cl)ccc2Cl)csc1N. The second-order valence-corrected chi connectivity index (χ2v) is 7.27. The van der Waals surface area contributed by atoms with E-state index in [0.29, 0.717) is 31.7 Å². The summed E-state index contributed by atoms with van der Waals surface area (Å²) in [5.41, 5.74) is 6.97. The van der Waals surface area contributed by atoms with Gasteiger partial charge in [-0.1, -0.05) is 23.2 Å². The minimum absolute atomic E-state index is 0.332. The average molecular weight is 344 g/mol. The number of rotatable bonds is 2. The normalized spacial score (nSPS) is 11.5. The molecule has 0 aliphatic heterocycles. The van der Waals surface area contributed by atoms with Gasteiger partial charge in [0.1, 0.15) is 16.2 Å². The Balaban J connectivity index is 2.52. The Bertz CT molecular complexity index is 689. The molecule has 6 heteroatoms. The van der Waals surface area contributed by atoms with Gasteiger partial charge in [0.2, 0.25) is 0 Å². The molecular formula is C15H15Cl2NO2S. The van der Waals surface area contributed by atoms with E-state index >= 15 is 0 Å². The molecule has 2 rings (SSSR count).